The summed E-state index contributed by atoms with van der Waals surface area (Å²) in [4.78, 5) is 4.91. The van der Waals surface area contributed by atoms with Gasteiger partial charge in [-0.2, -0.15) is 0 Å². The van der Waals surface area contributed by atoms with Gasteiger partial charge in [0.05, 0.1) is 0 Å². The lowest BCUT2D eigenvalue weighted by molar-refractivity contribution is 0.138. The topological polar surface area (TPSA) is 6.48 Å². The van der Waals surface area contributed by atoms with E-state index in [1.54, 1.807) is 12.1 Å². The third-order valence-electron chi connectivity index (χ3n) is 8.74. The summed E-state index contributed by atoms with van der Waals surface area (Å²) in [6, 6.07) is 18.5. The Bertz CT molecular complexity index is 888. The first kappa shape index (κ1) is 49.0. The minimum atomic E-state index is -0.160. The normalized spacial score (nSPS) is 17.0. The van der Waals surface area contributed by atoms with Gasteiger partial charge in [-0.3, -0.25) is 0 Å². The molecule has 2 nitrogen and oxygen atoms in total. The molecule has 0 aliphatic carbocycles. The van der Waals surface area contributed by atoms with Crippen molar-refractivity contribution in [3.05, 3.63) is 97.0 Å². The molecular formula is C44H79FN2. The van der Waals surface area contributed by atoms with Gasteiger partial charge < -0.3 is 9.80 Å². The molecule has 2 atom stereocenters. The number of aryl methyl sites for hydroxylation is 2. The predicted octanol–water partition coefficient (Wildman–Crippen LogP) is 13.7. The average molecular weight is 655 g/mol. The molecule has 0 N–H and O–H groups in total. The summed E-state index contributed by atoms with van der Waals surface area (Å²) in [5, 5.41) is 0. The molecule has 2 aliphatic heterocycles. The summed E-state index contributed by atoms with van der Waals surface area (Å²) in [6.45, 7) is 34.3. The molecule has 2 heterocycles. The van der Waals surface area contributed by atoms with E-state index < -0.39 is 0 Å². The van der Waals surface area contributed by atoms with E-state index in [9.17, 15) is 4.39 Å². The molecule has 2 aromatic rings. The maximum absolute atomic E-state index is 12.2. The number of unbranched alkanes of at least 4 members (excludes halogenated alkanes) is 4. The van der Waals surface area contributed by atoms with Gasteiger partial charge in [-0.05, 0) is 90.0 Å². The van der Waals surface area contributed by atoms with Crippen molar-refractivity contribution in [2.45, 2.75) is 158 Å². The highest BCUT2D eigenvalue weighted by atomic mass is 19.1. The first-order valence-corrected chi connectivity index (χ1v) is 19.0. The number of benzene rings is 2. The van der Waals surface area contributed by atoms with Crippen molar-refractivity contribution in [2.24, 2.45) is 5.92 Å². The van der Waals surface area contributed by atoms with Gasteiger partial charge in [0, 0.05) is 30.9 Å². The molecular weight excluding hydrogens is 575 g/mol. The van der Waals surface area contributed by atoms with Crippen LogP contribution in [-0.4, -0.2) is 42.0 Å². The van der Waals surface area contributed by atoms with Crippen molar-refractivity contribution in [3.63, 3.8) is 0 Å². The van der Waals surface area contributed by atoms with E-state index in [-0.39, 0.29) is 5.82 Å². The molecule has 2 saturated heterocycles. The fourth-order valence-electron chi connectivity index (χ4n) is 5.03. The molecule has 0 bridgehead atoms. The standard InChI is InChI=1S/C10H19N.C8H9F.C8H17N.C7H8.C7H16.C2H6.C2H4/c1-4-10(3)11-7-5-9(2)6-8-11;1-2-7-3-5-8(9)6-4-7;1-7-5-4-6-8(2)9(7)3;1-7-5-3-2-4-6-7;1-3-5-7-6-4-2;2*1-2/h9H,3-8H2,1-2H3;3-6H,2H2,1H3;7-8H,4-6H2,1-3H3;2-6H,1H3;3-7H2,1-2H3;1-2H3;1-2H2. The molecule has 4 rings (SSSR count). The molecule has 2 fully saturated rings. The Morgan fingerprint density at radius 1 is 0.745 bits per heavy atom. The molecule has 272 valence electrons. The minimum absolute atomic E-state index is 0.160. The first-order valence-electron chi connectivity index (χ1n) is 19.0. The van der Waals surface area contributed by atoms with Gasteiger partial charge in [-0.1, -0.05) is 142 Å². The van der Waals surface area contributed by atoms with Crippen molar-refractivity contribution < 1.29 is 4.39 Å². The van der Waals surface area contributed by atoms with Gasteiger partial charge in [-0.15, -0.1) is 13.2 Å². The molecule has 0 saturated carbocycles. The third-order valence-corrected chi connectivity index (χ3v) is 8.74. The average Bonchev–Trinajstić information content (AvgIpc) is 3.11. The van der Waals surface area contributed by atoms with Crippen LogP contribution in [-0.2, 0) is 6.42 Å². The maximum atomic E-state index is 12.2. The van der Waals surface area contributed by atoms with Crippen molar-refractivity contribution >= 4 is 0 Å². The Hall–Kier alpha value is -2.39. The zero-order valence-electron chi connectivity index (χ0n) is 33.2. The summed E-state index contributed by atoms with van der Waals surface area (Å²) >= 11 is 0. The van der Waals surface area contributed by atoms with Crippen molar-refractivity contribution in [1.82, 2.24) is 9.80 Å². The molecule has 0 aromatic heterocycles. The number of nitrogens with zero attached hydrogens (tertiary/aromatic N) is 2. The van der Waals surface area contributed by atoms with Gasteiger partial charge in [0.1, 0.15) is 5.82 Å². The summed E-state index contributed by atoms with van der Waals surface area (Å²) in [7, 11) is 2.23. The van der Waals surface area contributed by atoms with E-state index in [4.69, 9.17) is 0 Å². The van der Waals surface area contributed by atoms with Crippen molar-refractivity contribution in [3.8, 4) is 0 Å². The van der Waals surface area contributed by atoms with Crippen LogP contribution >= 0.6 is 0 Å². The van der Waals surface area contributed by atoms with Crippen LogP contribution in [0, 0.1) is 18.7 Å². The van der Waals surface area contributed by atoms with Crippen molar-refractivity contribution in [2.75, 3.05) is 20.1 Å². The van der Waals surface area contributed by atoms with E-state index in [0.717, 1.165) is 30.8 Å². The number of hydrogen-bond acceptors (Lipinski definition) is 2. The van der Waals surface area contributed by atoms with Gasteiger partial charge >= 0.3 is 0 Å². The second-order valence-corrected chi connectivity index (χ2v) is 12.6. The second-order valence-electron chi connectivity index (χ2n) is 12.6. The number of allylic oxidation sites excluding steroid dienone is 1. The van der Waals surface area contributed by atoms with Crippen LogP contribution in [0.3, 0.4) is 0 Å². The van der Waals surface area contributed by atoms with Crippen LogP contribution in [0.1, 0.15) is 144 Å². The molecule has 0 spiro atoms. The van der Waals surface area contributed by atoms with Crippen LogP contribution in [0.2, 0.25) is 0 Å². The van der Waals surface area contributed by atoms with Gasteiger partial charge in [-0.25, -0.2) is 4.39 Å². The molecule has 0 amide bonds. The molecule has 2 aromatic carbocycles. The predicted molar refractivity (Wildman–Crippen MR) is 214 cm³/mol. The zero-order valence-corrected chi connectivity index (χ0v) is 33.2. The molecule has 3 heteroatoms. The van der Waals surface area contributed by atoms with Crippen LogP contribution in [0.25, 0.3) is 0 Å². The third kappa shape index (κ3) is 28.3. The Morgan fingerprint density at radius 3 is 1.55 bits per heavy atom. The fourth-order valence-corrected chi connectivity index (χ4v) is 5.03. The van der Waals surface area contributed by atoms with Crippen LogP contribution in [0.4, 0.5) is 4.39 Å². The molecule has 0 radical (unpaired) electrons. The molecule has 2 unspecified atom stereocenters. The molecule has 2 aliphatic rings. The minimum Gasteiger partial charge on any atom is -0.375 e. The van der Waals surface area contributed by atoms with Gasteiger partial charge in [0.15, 0.2) is 0 Å². The Balaban J connectivity index is -0.000000505. The van der Waals surface area contributed by atoms with E-state index in [2.05, 4.69) is 97.2 Å². The zero-order chi connectivity index (χ0) is 36.5. The van der Waals surface area contributed by atoms with Crippen LogP contribution < -0.4 is 0 Å². The lowest BCUT2D eigenvalue weighted by Gasteiger charge is -2.35. The van der Waals surface area contributed by atoms with Crippen LogP contribution in [0.15, 0.2) is 80.0 Å². The SMILES string of the molecule is C=C.C=C(CC)N1CCC(C)CC1.CC.CC1CCCC(C)N1C.CCCCCCC.CCc1ccc(F)cc1.Cc1ccccc1. The Morgan fingerprint density at radius 2 is 1.21 bits per heavy atom. The lowest BCUT2D eigenvalue weighted by Crippen LogP contribution is -2.40. The number of likely N-dealkylation sites (tertiary alicyclic amines) is 2. The number of hydrogen-bond donors (Lipinski definition) is 0. The van der Waals surface area contributed by atoms with E-state index in [0.29, 0.717) is 0 Å². The van der Waals surface area contributed by atoms with E-state index >= 15 is 0 Å². The number of halogens is 1. The lowest BCUT2D eigenvalue weighted by atomic mass is 9.99. The fraction of sp³-hybridized carbons (Fsp3) is 0.636. The highest BCUT2D eigenvalue weighted by Gasteiger charge is 2.19. The highest BCUT2D eigenvalue weighted by Crippen LogP contribution is 2.20. The number of piperidine rings is 2. The largest absolute Gasteiger partial charge is 0.375 e. The summed E-state index contributed by atoms with van der Waals surface area (Å²) in [6.07, 6.45) is 16.0. The quantitative estimate of drug-likeness (QED) is 0.216. The smallest absolute Gasteiger partial charge is 0.123 e. The highest BCUT2D eigenvalue weighted by molar-refractivity contribution is 5.15. The van der Waals surface area contributed by atoms with E-state index in [1.165, 1.54) is 106 Å². The summed E-state index contributed by atoms with van der Waals surface area (Å²) < 4.78 is 12.2. The van der Waals surface area contributed by atoms with Crippen LogP contribution in [0.5, 0.6) is 0 Å². The number of rotatable bonds is 7. The Kier molecular flexibility index (Phi) is 36.4. The van der Waals surface area contributed by atoms with Crippen molar-refractivity contribution in [1.29, 1.82) is 0 Å². The summed E-state index contributed by atoms with van der Waals surface area (Å²) in [5.74, 6) is 0.767. The second kappa shape index (κ2) is 34.9. The molecule has 47 heavy (non-hydrogen) atoms. The maximum Gasteiger partial charge on any atom is 0.123 e. The summed E-state index contributed by atoms with van der Waals surface area (Å²) in [5.41, 5.74) is 3.82. The van der Waals surface area contributed by atoms with Gasteiger partial charge in [0.25, 0.3) is 0 Å². The monoisotopic (exact) mass is 655 g/mol. The first-order chi connectivity index (χ1) is 22.6. The van der Waals surface area contributed by atoms with Gasteiger partial charge in [0.2, 0.25) is 0 Å². The van der Waals surface area contributed by atoms with E-state index in [1.807, 2.05) is 39.0 Å². The Labute approximate surface area is 294 Å².